The van der Waals surface area contributed by atoms with Gasteiger partial charge in [0, 0.05) is 5.41 Å². The fourth-order valence-corrected chi connectivity index (χ4v) is 4.97. The summed E-state index contributed by atoms with van der Waals surface area (Å²) in [7, 11) is -4.77. The summed E-state index contributed by atoms with van der Waals surface area (Å²) in [6.45, 7) is 2.18. The Morgan fingerprint density at radius 2 is 2.00 bits per heavy atom. The van der Waals surface area contributed by atoms with Gasteiger partial charge in [0.25, 0.3) is 10.4 Å². The molecule has 2 aliphatic rings. The van der Waals surface area contributed by atoms with Gasteiger partial charge in [0.05, 0.1) is 6.10 Å². The summed E-state index contributed by atoms with van der Waals surface area (Å²) in [6, 6.07) is 8.95. The van der Waals surface area contributed by atoms with Crippen LogP contribution in [0.15, 0.2) is 30.3 Å². The van der Waals surface area contributed by atoms with Crippen molar-refractivity contribution in [1.82, 2.24) is 0 Å². The van der Waals surface area contributed by atoms with Gasteiger partial charge in [-0.2, -0.15) is 0 Å². The molecule has 5 nitrogen and oxygen atoms in total. The molecule has 0 unspecified atom stereocenters. The van der Waals surface area contributed by atoms with Crippen LogP contribution in [0.2, 0.25) is 0 Å². The van der Waals surface area contributed by atoms with Gasteiger partial charge in [-0.05, 0) is 65.6 Å². The fraction of sp³-hybridized carbons (Fsp3) is 0.444. The van der Waals surface area contributed by atoms with Crippen molar-refractivity contribution in [3.05, 3.63) is 41.5 Å². The Kier molecular flexibility index (Phi) is 4.99. The number of aliphatic hydroxyl groups excluding tert-OH is 1. The molecule has 2 aromatic carbocycles. The van der Waals surface area contributed by atoms with Crippen LogP contribution >= 0.6 is 0 Å². The van der Waals surface area contributed by atoms with Gasteiger partial charge in [-0.1, -0.05) is 25.1 Å². The van der Waals surface area contributed by atoms with Gasteiger partial charge in [0.1, 0.15) is 5.75 Å². The maximum absolute atomic E-state index is 10.8. The molecule has 2 aromatic rings. The Labute approximate surface area is 169 Å². The average molecular weight is 370 g/mol. The molecule has 25 heavy (non-hydrogen) atoms. The van der Waals surface area contributed by atoms with Crippen molar-refractivity contribution in [2.24, 2.45) is 5.41 Å². The second kappa shape index (κ2) is 6.51. The first kappa shape index (κ1) is 19.1. The van der Waals surface area contributed by atoms with E-state index in [2.05, 4.69) is 17.2 Å². The zero-order chi connectivity index (χ0) is 17.1. The van der Waals surface area contributed by atoms with E-state index in [1.54, 1.807) is 6.07 Å². The van der Waals surface area contributed by atoms with Crippen molar-refractivity contribution in [1.29, 1.82) is 0 Å². The molecule has 1 fully saturated rings. The number of aliphatic hydroxyl groups is 1. The minimum atomic E-state index is -4.77. The molecule has 0 heterocycles. The SMILES string of the molecule is C[C@]12CCc3c(ccc4cc(OS(=O)(=O)[O-])ccc34)[C@@H]1CC[C@H]2O.[Na+]. The zero-order valence-electron chi connectivity index (χ0n) is 14.4. The first-order valence-electron chi connectivity index (χ1n) is 8.17. The van der Waals surface area contributed by atoms with E-state index in [4.69, 9.17) is 0 Å². The van der Waals surface area contributed by atoms with E-state index in [0.29, 0.717) is 5.92 Å². The topological polar surface area (TPSA) is 86.7 Å². The predicted molar refractivity (Wildman–Crippen MR) is 88.7 cm³/mol. The molecular formula is C18H19NaO5S. The van der Waals surface area contributed by atoms with Gasteiger partial charge >= 0.3 is 29.6 Å². The minimum absolute atomic E-state index is 0. The van der Waals surface area contributed by atoms with Crippen molar-refractivity contribution >= 4 is 21.2 Å². The Hall–Kier alpha value is -0.630. The molecule has 1 N–H and O–H groups in total. The smallest absolute Gasteiger partial charge is 0.716 e. The molecule has 1 saturated carbocycles. The van der Waals surface area contributed by atoms with Crippen LogP contribution in [0.5, 0.6) is 5.75 Å². The predicted octanol–water partition coefficient (Wildman–Crippen LogP) is -0.126. The Bertz CT molecular complexity index is 926. The summed E-state index contributed by atoms with van der Waals surface area (Å²) < 4.78 is 36.7. The second-order valence-electron chi connectivity index (χ2n) is 7.16. The molecule has 128 valence electrons. The van der Waals surface area contributed by atoms with Crippen LogP contribution in [0.25, 0.3) is 10.8 Å². The van der Waals surface area contributed by atoms with Crippen molar-refractivity contribution in [3.63, 3.8) is 0 Å². The molecule has 0 aliphatic heterocycles. The summed E-state index contributed by atoms with van der Waals surface area (Å²) in [6.07, 6.45) is 3.41. The third kappa shape index (κ3) is 3.24. The number of rotatable bonds is 2. The molecule has 0 saturated heterocycles. The van der Waals surface area contributed by atoms with Crippen LogP contribution in [-0.2, 0) is 16.8 Å². The van der Waals surface area contributed by atoms with Gasteiger partial charge in [0.2, 0.25) is 0 Å². The molecule has 0 radical (unpaired) electrons. The van der Waals surface area contributed by atoms with E-state index in [-0.39, 0.29) is 46.8 Å². The summed E-state index contributed by atoms with van der Waals surface area (Å²) in [5, 5.41) is 12.3. The average Bonchev–Trinajstić information content (AvgIpc) is 2.81. The second-order valence-corrected chi connectivity index (χ2v) is 8.14. The Morgan fingerprint density at radius 3 is 2.72 bits per heavy atom. The van der Waals surface area contributed by atoms with Crippen LogP contribution in [0.4, 0.5) is 0 Å². The van der Waals surface area contributed by atoms with Crippen LogP contribution in [0, 0.1) is 5.41 Å². The van der Waals surface area contributed by atoms with Crippen molar-refractivity contribution in [2.45, 2.75) is 44.6 Å². The first-order valence-corrected chi connectivity index (χ1v) is 9.50. The van der Waals surface area contributed by atoms with E-state index in [1.807, 2.05) is 12.1 Å². The minimum Gasteiger partial charge on any atom is -0.716 e. The number of hydrogen-bond acceptors (Lipinski definition) is 5. The van der Waals surface area contributed by atoms with E-state index in [9.17, 15) is 18.1 Å². The van der Waals surface area contributed by atoms with Gasteiger partial charge in [0.15, 0.2) is 0 Å². The van der Waals surface area contributed by atoms with Crippen LogP contribution in [-0.4, -0.2) is 24.2 Å². The Morgan fingerprint density at radius 1 is 1.24 bits per heavy atom. The zero-order valence-corrected chi connectivity index (χ0v) is 17.2. The summed E-state index contributed by atoms with van der Waals surface area (Å²) in [5.41, 5.74) is 2.50. The van der Waals surface area contributed by atoms with Crippen molar-refractivity contribution < 1.29 is 51.8 Å². The third-order valence-corrected chi connectivity index (χ3v) is 6.31. The standard InChI is InChI=1S/C18H20O5S.Na/c1-18-9-8-14-13-5-3-12(23-24(20,21)22)10-11(13)2-4-15(14)16(18)6-7-17(18)19;/h2-5,10,16-17,19H,6-9H2,1H3,(H,20,21,22);/q;+1/p-1/t16-,17+,18-;/m0./s1. The fourth-order valence-electron chi connectivity index (χ4n) is 4.63. The van der Waals surface area contributed by atoms with Gasteiger partial charge in [-0.25, -0.2) is 8.42 Å². The molecular weight excluding hydrogens is 351 g/mol. The molecule has 7 heteroatoms. The van der Waals surface area contributed by atoms with Crippen LogP contribution in [0.3, 0.4) is 0 Å². The van der Waals surface area contributed by atoms with Gasteiger partial charge in [-0.3, -0.25) is 0 Å². The maximum atomic E-state index is 10.8. The normalized spacial score (nSPS) is 28.1. The van der Waals surface area contributed by atoms with E-state index in [0.717, 1.165) is 36.5 Å². The Balaban J connectivity index is 0.00000182. The summed E-state index contributed by atoms with van der Waals surface area (Å²) in [4.78, 5) is 0. The van der Waals surface area contributed by atoms with Crippen LogP contribution in [0.1, 0.15) is 43.2 Å². The monoisotopic (exact) mass is 370 g/mol. The largest absolute Gasteiger partial charge is 1.00 e. The number of benzene rings is 2. The molecule has 2 aliphatic carbocycles. The van der Waals surface area contributed by atoms with Gasteiger partial charge < -0.3 is 13.8 Å². The van der Waals surface area contributed by atoms with E-state index < -0.39 is 10.4 Å². The quantitative estimate of drug-likeness (QED) is 0.452. The molecule has 0 spiro atoms. The molecule has 0 amide bonds. The number of aryl methyl sites for hydroxylation is 1. The van der Waals surface area contributed by atoms with Crippen LogP contribution < -0.4 is 33.7 Å². The number of fused-ring (bicyclic) bond motifs is 5. The first-order chi connectivity index (χ1) is 11.3. The van der Waals surface area contributed by atoms with Crippen molar-refractivity contribution in [2.75, 3.05) is 0 Å². The summed E-state index contributed by atoms with van der Waals surface area (Å²) >= 11 is 0. The molecule has 4 rings (SSSR count). The van der Waals surface area contributed by atoms with E-state index in [1.165, 1.54) is 17.2 Å². The van der Waals surface area contributed by atoms with Gasteiger partial charge in [-0.15, -0.1) is 0 Å². The molecule has 0 aromatic heterocycles. The van der Waals surface area contributed by atoms with E-state index >= 15 is 0 Å². The number of hydrogen-bond donors (Lipinski definition) is 1. The summed E-state index contributed by atoms with van der Waals surface area (Å²) in [5.74, 6) is 0.396. The molecule has 3 atom stereocenters. The maximum Gasteiger partial charge on any atom is 1.00 e. The van der Waals surface area contributed by atoms with Crippen molar-refractivity contribution in [3.8, 4) is 5.75 Å². The third-order valence-electron chi connectivity index (χ3n) is 5.91. The molecule has 0 bridgehead atoms.